The Hall–Kier alpha value is -3.96. The molecule has 1 aromatic carbocycles. The van der Waals surface area contributed by atoms with Crippen molar-refractivity contribution in [1.82, 2.24) is 24.5 Å². The minimum Gasteiger partial charge on any atom is -0.454 e. The highest BCUT2D eigenvalue weighted by Crippen LogP contribution is 2.26. The van der Waals surface area contributed by atoms with Gasteiger partial charge in [-0.05, 0) is 23.8 Å². The Bertz CT molecular complexity index is 1200. The summed E-state index contributed by atoms with van der Waals surface area (Å²) in [5, 5.41) is 10.1. The zero-order valence-electron chi connectivity index (χ0n) is 16.3. The van der Waals surface area contributed by atoms with Crippen molar-refractivity contribution in [2.24, 2.45) is 0 Å². The van der Waals surface area contributed by atoms with E-state index in [0.29, 0.717) is 12.6 Å². The molecule has 0 aliphatic carbocycles. The molecule has 32 heavy (non-hydrogen) atoms. The highest BCUT2D eigenvalue weighted by Gasteiger charge is 2.22. The number of anilines is 1. The van der Waals surface area contributed by atoms with Crippen LogP contribution in [0.15, 0.2) is 59.3 Å². The summed E-state index contributed by atoms with van der Waals surface area (Å²) in [5.74, 6) is -0.642. The number of rotatable bonds is 8. The number of carbonyl (C=O) groups excluding carboxylic acids is 1. The van der Waals surface area contributed by atoms with Gasteiger partial charge in [-0.2, -0.15) is 5.10 Å². The van der Waals surface area contributed by atoms with E-state index < -0.39 is 30.1 Å². The van der Waals surface area contributed by atoms with Crippen molar-refractivity contribution in [2.45, 2.75) is 25.9 Å². The third-order valence-electron chi connectivity index (χ3n) is 4.42. The molecule has 8 nitrogen and oxygen atoms in total. The molecule has 1 N–H and O–H groups in total. The first-order valence-electron chi connectivity index (χ1n) is 9.36. The first kappa shape index (κ1) is 21.3. The van der Waals surface area contributed by atoms with Crippen molar-refractivity contribution >= 4 is 11.9 Å². The zero-order chi connectivity index (χ0) is 22.7. The number of hydrogen-bond donors (Lipinski definition) is 1. The molecule has 3 heterocycles. The fraction of sp³-hybridized carbons (Fsp3) is 0.200. The summed E-state index contributed by atoms with van der Waals surface area (Å²) in [6, 6.07) is 12.9. The van der Waals surface area contributed by atoms with Crippen LogP contribution in [-0.4, -0.2) is 30.5 Å². The quantitative estimate of drug-likeness (QED) is 0.406. The molecule has 4 aromatic rings. The van der Waals surface area contributed by atoms with Gasteiger partial charge in [0.1, 0.15) is 23.5 Å². The summed E-state index contributed by atoms with van der Waals surface area (Å²) < 4.78 is 59.4. The average Bonchev–Trinajstić information content (AvgIpc) is 3.49. The van der Waals surface area contributed by atoms with Crippen molar-refractivity contribution in [3.05, 3.63) is 83.3 Å². The van der Waals surface area contributed by atoms with Crippen LogP contribution in [0.1, 0.15) is 46.1 Å². The summed E-state index contributed by atoms with van der Waals surface area (Å²) in [4.78, 5) is 16.4. The first-order chi connectivity index (χ1) is 15.4. The van der Waals surface area contributed by atoms with Gasteiger partial charge in [-0.3, -0.25) is 14.8 Å². The molecule has 12 heteroatoms. The Kier molecular flexibility index (Phi) is 6.01. The van der Waals surface area contributed by atoms with Gasteiger partial charge in [-0.1, -0.05) is 30.3 Å². The molecule has 4 rings (SSSR count). The van der Waals surface area contributed by atoms with Crippen molar-refractivity contribution in [1.29, 1.82) is 0 Å². The second-order valence-corrected chi connectivity index (χ2v) is 6.72. The molecule has 0 saturated carbocycles. The van der Waals surface area contributed by atoms with Crippen molar-refractivity contribution in [3.8, 4) is 0 Å². The van der Waals surface area contributed by atoms with Gasteiger partial charge in [0.05, 0.1) is 13.1 Å². The van der Waals surface area contributed by atoms with E-state index in [-0.39, 0.29) is 24.0 Å². The molecule has 0 bridgehead atoms. The molecule has 0 spiro atoms. The minimum atomic E-state index is -3.00. The van der Waals surface area contributed by atoms with E-state index in [9.17, 15) is 22.4 Å². The Morgan fingerprint density at radius 1 is 1.00 bits per heavy atom. The molecule has 0 atom stereocenters. The molecule has 0 radical (unpaired) electrons. The van der Waals surface area contributed by atoms with Gasteiger partial charge in [-0.15, -0.1) is 5.10 Å². The maximum Gasteiger partial charge on any atom is 0.293 e. The Morgan fingerprint density at radius 2 is 1.78 bits per heavy atom. The number of aromatic nitrogens is 5. The van der Waals surface area contributed by atoms with Crippen LogP contribution in [0, 0.1) is 0 Å². The predicted octanol–water partition coefficient (Wildman–Crippen LogP) is 4.29. The SMILES string of the molecule is O=C(Nc1ncn(Cc2ccccc2)n1)c1ccc(Cn2nc(C(F)F)cc2C(F)F)o1. The number of benzene rings is 1. The highest BCUT2D eigenvalue weighted by atomic mass is 19.3. The van der Waals surface area contributed by atoms with E-state index in [1.54, 1.807) is 4.68 Å². The summed E-state index contributed by atoms with van der Waals surface area (Å²) in [6.45, 7) is 0.120. The maximum absolute atomic E-state index is 13.1. The summed E-state index contributed by atoms with van der Waals surface area (Å²) >= 11 is 0. The number of alkyl halides is 4. The van der Waals surface area contributed by atoms with E-state index in [0.717, 1.165) is 10.2 Å². The lowest BCUT2D eigenvalue weighted by atomic mass is 10.2. The van der Waals surface area contributed by atoms with Crippen molar-refractivity contribution in [3.63, 3.8) is 0 Å². The molecule has 0 saturated heterocycles. The van der Waals surface area contributed by atoms with Crippen molar-refractivity contribution < 1.29 is 26.8 Å². The maximum atomic E-state index is 13.1. The molecular weight excluding hydrogens is 432 g/mol. The predicted molar refractivity (Wildman–Crippen MR) is 103 cm³/mol. The van der Waals surface area contributed by atoms with Gasteiger partial charge in [0, 0.05) is 0 Å². The van der Waals surface area contributed by atoms with Crippen LogP contribution in [0.5, 0.6) is 0 Å². The lowest BCUT2D eigenvalue weighted by Crippen LogP contribution is -2.13. The van der Waals surface area contributed by atoms with Crippen LogP contribution in [-0.2, 0) is 13.1 Å². The highest BCUT2D eigenvalue weighted by molar-refractivity contribution is 6.01. The topological polar surface area (TPSA) is 90.8 Å². The molecule has 166 valence electrons. The van der Waals surface area contributed by atoms with Crippen LogP contribution in [0.3, 0.4) is 0 Å². The number of nitrogens with zero attached hydrogens (tertiary/aromatic N) is 5. The molecule has 0 aliphatic heterocycles. The Balaban J connectivity index is 1.41. The van der Waals surface area contributed by atoms with Gasteiger partial charge in [0.15, 0.2) is 5.76 Å². The third-order valence-corrected chi connectivity index (χ3v) is 4.42. The van der Waals surface area contributed by atoms with E-state index in [1.807, 2.05) is 30.3 Å². The van der Waals surface area contributed by atoms with Gasteiger partial charge >= 0.3 is 0 Å². The van der Waals surface area contributed by atoms with Gasteiger partial charge in [0.25, 0.3) is 18.8 Å². The number of furan rings is 1. The fourth-order valence-electron chi connectivity index (χ4n) is 2.96. The minimum absolute atomic E-state index is 0.0533. The molecule has 1 amide bonds. The zero-order valence-corrected chi connectivity index (χ0v) is 16.3. The van der Waals surface area contributed by atoms with Crippen molar-refractivity contribution in [2.75, 3.05) is 5.32 Å². The van der Waals surface area contributed by atoms with E-state index in [2.05, 4.69) is 20.5 Å². The molecule has 0 unspecified atom stereocenters. The monoisotopic (exact) mass is 448 g/mol. The lowest BCUT2D eigenvalue weighted by molar-refractivity contribution is 0.0993. The van der Waals surface area contributed by atoms with Crippen LogP contribution in [0.4, 0.5) is 23.5 Å². The number of halogens is 4. The summed E-state index contributed by atoms with van der Waals surface area (Å²) in [7, 11) is 0. The van der Waals surface area contributed by atoms with Crippen LogP contribution < -0.4 is 5.32 Å². The number of amides is 1. The summed E-state index contributed by atoms with van der Waals surface area (Å²) in [6.07, 6.45) is -4.52. The van der Waals surface area contributed by atoms with Gasteiger partial charge in [-0.25, -0.2) is 27.2 Å². The molecule has 3 aromatic heterocycles. The van der Waals surface area contributed by atoms with E-state index >= 15 is 0 Å². The fourth-order valence-corrected chi connectivity index (χ4v) is 2.96. The third kappa shape index (κ3) is 4.85. The molecular formula is C20H16F4N6O2. The van der Waals surface area contributed by atoms with Crippen LogP contribution >= 0.6 is 0 Å². The Labute approximate surface area is 178 Å². The Morgan fingerprint density at radius 3 is 2.50 bits per heavy atom. The molecule has 0 aliphatic rings. The van der Waals surface area contributed by atoms with Crippen LogP contribution in [0.25, 0.3) is 0 Å². The smallest absolute Gasteiger partial charge is 0.293 e. The summed E-state index contributed by atoms with van der Waals surface area (Å²) in [5.41, 5.74) is -0.430. The number of nitrogens with one attached hydrogen (secondary N) is 1. The standard InChI is InChI=1S/C20H16F4N6O2/c21-17(22)14-8-15(18(23)24)30(27-14)10-13-6-7-16(32-13)19(31)26-20-25-11-29(28-20)9-12-4-2-1-3-5-12/h1-8,11,17-18H,9-10H2,(H,26,28,31). The molecule has 0 fully saturated rings. The second kappa shape index (κ2) is 9.04. The van der Waals surface area contributed by atoms with E-state index in [1.165, 1.54) is 18.5 Å². The number of hydrogen-bond acceptors (Lipinski definition) is 5. The van der Waals surface area contributed by atoms with Gasteiger partial charge in [0.2, 0.25) is 5.95 Å². The normalized spacial score (nSPS) is 11.4. The van der Waals surface area contributed by atoms with Crippen LogP contribution in [0.2, 0.25) is 0 Å². The lowest BCUT2D eigenvalue weighted by Gasteiger charge is -2.04. The van der Waals surface area contributed by atoms with E-state index in [4.69, 9.17) is 4.42 Å². The van der Waals surface area contributed by atoms with Gasteiger partial charge < -0.3 is 4.42 Å². The number of carbonyl (C=O) groups is 1. The first-order valence-corrected chi connectivity index (χ1v) is 9.36. The second-order valence-electron chi connectivity index (χ2n) is 6.72. The largest absolute Gasteiger partial charge is 0.454 e. The average molecular weight is 448 g/mol.